The van der Waals surface area contributed by atoms with Crippen molar-refractivity contribution in [3.63, 3.8) is 0 Å². The molecular formula is C74H80N4O13. The molecule has 91 heavy (non-hydrogen) atoms. The van der Waals surface area contributed by atoms with Gasteiger partial charge in [0.15, 0.2) is 22.4 Å². The Morgan fingerprint density at radius 2 is 1.79 bits per heavy atom. The van der Waals surface area contributed by atoms with E-state index in [1.54, 1.807) is 25.1 Å². The number of hydrogen-bond donors (Lipinski definition) is 10. The Balaban J connectivity index is 0.962. The van der Waals surface area contributed by atoms with Gasteiger partial charge in [-0.2, -0.15) is 0 Å². The molecule has 19 atom stereocenters. The Morgan fingerprint density at radius 3 is 2.60 bits per heavy atom. The average molecular weight is 1230 g/mol. The van der Waals surface area contributed by atoms with Crippen molar-refractivity contribution in [2.75, 3.05) is 13.2 Å². The molecule has 16 aliphatic rings. The lowest BCUT2D eigenvalue weighted by Gasteiger charge is -2.65. The summed E-state index contributed by atoms with van der Waals surface area (Å²) in [6.45, 7) is 5.67. The van der Waals surface area contributed by atoms with Crippen LogP contribution in [0, 0.1) is 71.0 Å². The Morgan fingerprint density at radius 1 is 0.923 bits per heavy atom. The molecule has 2 saturated heterocycles. The van der Waals surface area contributed by atoms with Gasteiger partial charge in [0.2, 0.25) is 5.91 Å². The largest absolute Gasteiger partial charge is 0.508 e. The molecule has 1 amide bonds. The fraction of sp³-hybridized carbons (Fsp3) is 0.514. The summed E-state index contributed by atoms with van der Waals surface area (Å²) in [6, 6.07) is 13.2. The first-order valence-corrected chi connectivity index (χ1v) is 33.4. The van der Waals surface area contributed by atoms with Crippen LogP contribution in [0.2, 0.25) is 0 Å². The number of fused-ring (bicyclic) bond motifs is 8. The molecule has 6 aromatic rings. The highest BCUT2D eigenvalue weighted by Crippen LogP contribution is 2.68. The van der Waals surface area contributed by atoms with Gasteiger partial charge in [0, 0.05) is 101 Å². The number of hydrogen-bond acceptors (Lipinski definition) is 14. The van der Waals surface area contributed by atoms with E-state index >= 15 is 4.79 Å². The van der Waals surface area contributed by atoms with Crippen LogP contribution in [0.25, 0.3) is 38.3 Å². The van der Waals surface area contributed by atoms with Gasteiger partial charge in [-0.05, 0) is 159 Å². The number of amides is 1. The number of phenols is 2. The number of ether oxygens (including phenoxy) is 1. The topological polar surface area (TPSA) is 261 Å². The number of H-pyrrole nitrogens is 1. The predicted octanol–water partition coefficient (Wildman–Crippen LogP) is 8.51. The highest BCUT2D eigenvalue weighted by molar-refractivity contribution is 5.94. The summed E-state index contributed by atoms with van der Waals surface area (Å²) in [7, 11) is 0. The lowest BCUT2D eigenvalue weighted by atomic mass is 9.44. The van der Waals surface area contributed by atoms with Crippen molar-refractivity contribution in [1.29, 1.82) is 0 Å². The van der Waals surface area contributed by atoms with Gasteiger partial charge in [-0.1, -0.05) is 68.6 Å². The molecule has 7 aliphatic carbocycles. The molecule has 10 N–H and O–H groups in total. The zero-order valence-electron chi connectivity index (χ0n) is 51.6. The van der Waals surface area contributed by atoms with Gasteiger partial charge >= 0.3 is 0 Å². The molecule has 3 aromatic carbocycles. The first-order valence-electron chi connectivity index (χ1n) is 33.4. The van der Waals surface area contributed by atoms with E-state index in [2.05, 4.69) is 82.4 Å². The number of nitrogens with one attached hydrogen (secondary N) is 3. The number of allylic oxidation sites excluding steroid dienone is 3. The standard InChI is InChI=1S/C74H80N4O13/c1-4-38-24-40-17-22-72(77-54(40)25-38)45-10-14-61(73(87,68(85)65(84)59(83)35-79)32-42-9-13-57(81)47-12-11-46(80)30-48(42)47)90-91-62-28-43-26-50-58(82)23-37(3)88-67(50)64-66(43)89-74(62)51(29-45)63-41(27-60(72)74)7-6-8-44-18-21-71(52(63)33-75-69(71)86)36-70(44)19-15-39(16-20-70)53-31-49-55(76-53)34-78(64)56(49)5-2/h9-15,19,23,26-27,29-31,34,38-40,44,51-52,54,59-63,65,68,76-77,79-81,83-85,87H,4-5,8,16-18,20-22,24-25,28,32-33,35-36H2,1-3H3,(H,75,86). The van der Waals surface area contributed by atoms with Crippen LogP contribution in [-0.4, -0.2) is 118 Å². The molecule has 19 unspecified atom stereocenters. The SMILES string of the molecule is CCc1c2cc3[nH]c2cn1-c1c2c(cc4c(=O)cc(C)oc14)CC1OOC(C(O)(Cc4ccc(O)c5ccc(O)cc45)C(O)C(O)C(O)CO)C=CC4=CC5C6C(=CC(C47CCC4CC(CC)CC4N7)C15O2)C#CCC1CCC2(CC14C=CC3CC4)C(=O)NCC62. The number of rotatable bonds is 9. The maximum Gasteiger partial charge on any atom is 0.226 e. The summed E-state index contributed by atoms with van der Waals surface area (Å²) in [5.74, 6) is 8.01. The minimum absolute atomic E-state index is 0.0753. The van der Waals surface area contributed by atoms with E-state index in [-0.39, 0.29) is 58.5 Å². The molecular weight excluding hydrogens is 1150 g/mol. The van der Waals surface area contributed by atoms with Gasteiger partial charge in [0.25, 0.3) is 0 Å². The van der Waals surface area contributed by atoms with Crippen molar-refractivity contribution in [2.45, 2.75) is 170 Å². The summed E-state index contributed by atoms with van der Waals surface area (Å²) in [4.78, 5) is 48.4. The summed E-state index contributed by atoms with van der Waals surface area (Å²) in [6.07, 6.45) is 15.9. The number of aliphatic hydroxyl groups is 5. The van der Waals surface area contributed by atoms with Crippen LogP contribution < -0.4 is 20.8 Å². The number of aliphatic hydroxyl groups excluding tert-OH is 4. The number of piperidine rings is 1. The van der Waals surface area contributed by atoms with Gasteiger partial charge in [0.1, 0.15) is 59.1 Å². The Kier molecular flexibility index (Phi) is 13.0. The number of nitrogens with zero attached hydrogens (tertiary/aromatic N) is 1. The lowest BCUT2D eigenvalue weighted by Crippen LogP contribution is -2.76. The zero-order chi connectivity index (χ0) is 62.4. The summed E-state index contributed by atoms with van der Waals surface area (Å²) in [5, 5.41) is 91.9. The van der Waals surface area contributed by atoms with E-state index in [1.807, 2.05) is 12.1 Å². The van der Waals surface area contributed by atoms with E-state index in [1.165, 1.54) is 24.3 Å². The maximum atomic E-state index is 15.5. The molecule has 4 spiro atoms. The number of benzene rings is 3. The molecule has 4 fully saturated rings. The minimum Gasteiger partial charge on any atom is -0.508 e. The quantitative estimate of drug-likeness (QED) is 0.0370. The van der Waals surface area contributed by atoms with E-state index < -0.39 is 83.5 Å². The van der Waals surface area contributed by atoms with Crippen LogP contribution in [0.1, 0.15) is 119 Å². The van der Waals surface area contributed by atoms with Crippen LogP contribution in [0.4, 0.5) is 0 Å². The third-order valence-corrected chi connectivity index (χ3v) is 25.1. The first kappa shape index (κ1) is 57.9. The van der Waals surface area contributed by atoms with E-state index in [4.69, 9.17) is 18.9 Å². The van der Waals surface area contributed by atoms with E-state index in [9.17, 15) is 40.5 Å². The van der Waals surface area contributed by atoms with Crippen molar-refractivity contribution in [3.05, 3.63) is 141 Å². The molecule has 17 nitrogen and oxygen atoms in total. The molecule has 3 aromatic heterocycles. The average Bonchev–Trinajstić information content (AvgIpc) is 1.45. The highest BCUT2D eigenvalue weighted by Gasteiger charge is 2.73. The van der Waals surface area contributed by atoms with Crippen molar-refractivity contribution < 1.29 is 59.5 Å². The zero-order valence-corrected chi connectivity index (χ0v) is 51.6. The van der Waals surface area contributed by atoms with Gasteiger partial charge in [-0.25, -0.2) is 9.78 Å². The summed E-state index contributed by atoms with van der Waals surface area (Å²) >= 11 is 0. The Hall–Kier alpha value is -6.98. The van der Waals surface area contributed by atoms with Crippen molar-refractivity contribution in [3.8, 4) is 34.8 Å². The number of carbonyl (C=O) groups excluding carboxylic acids is 1. The Labute approximate surface area is 526 Å². The molecule has 22 rings (SSSR count). The molecule has 12 heterocycles. The third-order valence-electron chi connectivity index (χ3n) is 25.1. The van der Waals surface area contributed by atoms with Crippen LogP contribution in [0.3, 0.4) is 0 Å². The van der Waals surface area contributed by atoms with Crippen LogP contribution >= 0.6 is 0 Å². The van der Waals surface area contributed by atoms with E-state index in [0.717, 1.165) is 78.4 Å². The molecule has 2 saturated carbocycles. The second kappa shape index (κ2) is 20.5. The fourth-order valence-electron chi connectivity index (χ4n) is 20.6. The number of phenolic OH excluding ortho intramolecular Hbond substituents is 2. The first-order chi connectivity index (χ1) is 43.9. The summed E-state index contributed by atoms with van der Waals surface area (Å²) in [5.41, 5.74) is 0.528. The number of aryl methyl sites for hydroxylation is 2. The number of aromatic amines is 1. The number of carbonyl (C=O) groups is 1. The summed E-state index contributed by atoms with van der Waals surface area (Å²) < 4.78 is 17.6. The molecule has 17 heteroatoms. The van der Waals surface area contributed by atoms with Crippen molar-refractivity contribution in [1.82, 2.24) is 20.2 Å². The minimum atomic E-state index is -2.62. The number of aromatic hydroxyl groups is 2. The van der Waals surface area contributed by atoms with Gasteiger partial charge in [0.05, 0.1) is 28.5 Å². The number of aromatic nitrogens is 2. The van der Waals surface area contributed by atoms with Gasteiger partial charge < -0.3 is 65.1 Å². The molecule has 474 valence electrons. The third kappa shape index (κ3) is 8.12. The van der Waals surface area contributed by atoms with Crippen molar-refractivity contribution in [2.24, 2.45) is 52.3 Å². The monoisotopic (exact) mass is 1230 g/mol. The van der Waals surface area contributed by atoms with Crippen LogP contribution in [0.5, 0.6) is 17.2 Å². The smallest absolute Gasteiger partial charge is 0.226 e. The second-order valence-electron chi connectivity index (χ2n) is 29.3. The molecule has 0 radical (unpaired) electrons. The molecule has 9 aliphatic heterocycles. The van der Waals surface area contributed by atoms with Gasteiger partial charge in [-0.15, -0.1) is 0 Å². The fourth-order valence-corrected chi connectivity index (χ4v) is 20.6. The van der Waals surface area contributed by atoms with Crippen molar-refractivity contribution >= 4 is 38.6 Å². The molecule has 14 bridgehead atoms. The second-order valence-corrected chi connectivity index (χ2v) is 29.3. The highest BCUT2D eigenvalue weighted by atomic mass is 17.2. The normalized spacial score (nSPS) is 36.3. The lowest BCUT2D eigenvalue weighted by molar-refractivity contribution is -0.399. The van der Waals surface area contributed by atoms with Crippen LogP contribution in [-0.2, 0) is 33.8 Å². The van der Waals surface area contributed by atoms with Gasteiger partial charge in [-0.3, -0.25) is 9.59 Å². The van der Waals surface area contributed by atoms with Crippen LogP contribution in [0.15, 0.2) is 112 Å². The van der Waals surface area contributed by atoms with E-state index in [0.29, 0.717) is 101 Å². The predicted molar refractivity (Wildman–Crippen MR) is 339 cm³/mol. The Bertz CT molecular complexity index is 4330. The maximum absolute atomic E-state index is 15.5.